The molecule has 0 fully saturated rings. The van der Waals surface area contributed by atoms with Crippen LogP contribution in [0.5, 0.6) is 0 Å². The summed E-state index contributed by atoms with van der Waals surface area (Å²) in [6.45, 7) is 1.97. The standard InChI is InChI=1S/C21H14Cl2F4N4S/c1-3-32-16-5-4-13(10-6-11(22)18(24)12(23)7-10)29-19(16)20-30-14-8-17(21(25,26)27)28-9-15(14)31(20)2/h4-9H,3H2,1-2H3. The maximum atomic E-state index is 13.8. The third-order valence-corrected chi connectivity index (χ3v) is 6.19. The Hall–Kier alpha value is -2.36. The van der Waals surface area contributed by atoms with Gasteiger partial charge in [0.25, 0.3) is 0 Å². The Bertz CT molecular complexity index is 1310. The van der Waals surface area contributed by atoms with Crippen molar-refractivity contribution in [2.24, 2.45) is 7.05 Å². The molecule has 0 N–H and O–H groups in total. The highest BCUT2D eigenvalue weighted by atomic mass is 35.5. The molecule has 0 aliphatic rings. The fourth-order valence-corrected chi connectivity index (χ4v) is 4.43. The summed E-state index contributed by atoms with van der Waals surface area (Å²) in [7, 11) is 1.68. The van der Waals surface area contributed by atoms with Crippen LogP contribution in [0, 0.1) is 5.82 Å². The molecular formula is C21H14Cl2F4N4S. The van der Waals surface area contributed by atoms with Gasteiger partial charge < -0.3 is 4.57 Å². The lowest BCUT2D eigenvalue weighted by molar-refractivity contribution is -0.141. The van der Waals surface area contributed by atoms with Crippen molar-refractivity contribution < 1.29 is 17.6 Å². The zero-order valence-corrected chi connectivity index (χ0v) is 19.0. The molecule has 0 radical (unpaired) electrons. The molecule has 32 heavy (non-hydrogen) atoms. The molecule has 0 saturated carbocycles. The number of alkyl halides is 3. The molecule has 11 heteroatoms. The van der Waals surface area contributed by atoms with Crippen LogP contribution in [-0.2, 0) is 13.2 Å². The molecule has 0 aliphatic heterocycles. The van der Waals surface area contributed by atoms with Crippen molar-refractivity contribution in [3.8, 4) is 22.8 Å². The fraction of sp³-hybridized carbons (Fsp3) is 0.190. The summed E-state index contributed by atoms with van der Waals surface area (Å²) >= 11 is 13.4. The van der Waals surface area contributed by atoms with Crippen LogP contribution in [0.25, 0.3) is 33.8 Å². The molecule has 4 aromatic rings. The predicted octanol–water partition coefficient (Wildman–Crippen LogP) is 7.27. The molecule has 3 heterocycles. The normalized spacial score (nSPS) is 12.0. The SMILES string of the molecule is CCSc1ccc(-c2cc(Cl)c(F)c(Cl)c2)nc1-c1nc2cc(C(F)(F)F)ncc2n1C. The lowest BCUT2D eigenvalue weighted by Gasteiger charge is -2.11. The van der Waals surface area contributed by atoms with E-state index in [1.165, 1.54) is 23.9 Å². The molecule has 0 spiro atoms. The summed E-state index contributed by atoms with van der Waals surface area (Å²) in [6, 6.07) is 7.31. The molecule has 4 rings (SSSR count). The number of imidazole rings is 1. The molecule has 0 unspecified atom stereocenters. The number of hydrogen-bond acceptors (Lipinski definition) is 4. The Morgan fingerprint density at radius 1 is 1.06 bits per heavy atom. The smallest absolute Gasteiger partial charge is 0.325 e. The lowest BCUT2D eigenvalue weighted by atomic mass is 10.1. The second-order valence-electron chi connectivity index (χ2n) is 6.78. The number of halogens is 6. The predicted molar refractivity (Wildman–Crippen MR) is 119 cm³/mol. The third kappa shape index (κ3) is 4.16. The Labute approximate surface area is 194 Å². The van der Waals surface area contributed by atoms with Gasteiger partial charge in [-0.2, -0.15) is 13.2 Å². The van der Waals surface area contributed by atoms with Gasteiger partial charge in [-0.05, 0) is 36.1 Å². The highest BCUT2D eigenvalue weighted by Gasteiger charge is 2.33. The number of nitrogens with zero attached hydrogens (tertiary/aromatic N) is 4. The van der Waals surface area contributed by atoms with E-state index in [2.05, 4.69) is 15.0 Å². The number of aromatic nitrogens is 4. The van der Waals surface area contributed by atoms with Gasteiger partial charge in [-0.1, -0.05) is 30.1 Å². The summed E-state index contributed by atoms with van der Waals surface area (Å²) in [6.07, 6.45) is -3.43. The van der Waals surface area contributed by atoms with Gasteiger partial charge in [0.2, 0.25) is 0 Å². The zero-order chi connectivity index (χ0) is 23.2. The number of fused-ring (bicyclic) bond motifs is 1. The summed E-state index contributed by atoms with van der Waals surface area (Å²) in [5, 5.41) is -0.285. The van der Waals surface area contributed by atoms with Crippen molar-refractivity contribution in [3.63, 3.8) is 0 Å². The first-order chi connectivity index (χ1) is 15.1. The van der Waals surface area contributed by atoms with Crippen molar-refractivity contribution in [1.29, 1.82) is 0 Å². The largest absolute Gasteiger partial charge is 0.433 e. The van der Waals surface area contributed by atoms with Gasteiger partial charge in [0.05, 0.1) is 33.0 Å². The molecule has 4 nitrogen and oxygen atoms in total. The van der Waals surface area contributed by atoms with Gasteiger partial charge in [0.1, 0.15) is 11.4 Å². The van der Waals surface area contributed by atoms with Crippen LogP contribution in [0.1, 0.15) is 12.6 Å². The topological polar surface area (TPSA) is 43.6 Å². The van der Waals surface area contributed by atoms with E-state index in [1.807, 2.05) is 13.0 Å². The molecule has 1 aromatic carbocycles. The maximum absolute atomic E-state index is 13.8. The average Bonchev–Trinajstić information content (AvgIpc) is 3.07. The van der Waals surface area contributed by atoms with Gasteiger partial charge in [-0.25, -0.2) is 19.3 Å². The first-order valence-corrected chi connectivity index (χ1v) is 11.0. The van der Waals surface area contributed by atoms with E-state index in [9.17, 15) is 17.6 Å². The van der Waals surface area contributed by atoms with Crippen LogP contribution in [0.3, 0.4) is 0 Å². The molecular weight excluding hydrogens is 487 g/mol. The van der Waals surface area contributed by atoms with E-state index in [0.717, 1.165) is 22.9 Å². The monoisotopic (exact) mass is 500 g/mol. The number of benzene rings is 1. The first kappa shape index (κ1) is 22.8. The van der Waals surface area contributed by atoms with Crippen molar-refractivity contribution in [2.75, 3.05) is 5.75 Å². The zero-order valence-electron chi connectivity index (χ0n) is 16.6. The van der Waals surface area contributed by atoms with Gasteiger partial charge in [-0.15, -0.1) is 11.8 Å². The number of pyridine rings is 2. The van der Waals surface area contributed by atoms with Crippen LogP contribution in [0.2, 0.25) is 10.0 Å². The molecule has 0 bridgehead atoms. The van der Waals surface area contributed by atoms with Gasteiger partial charge >= 0.3 is 6.18 Å². The number of rotatable bonds is 4. The Balaban J connectivity index is 1.91. The Morgan fingerprint density at radius 2 is 1.75 bits per heavy atom. The first-order valence-electron chi connectivity index (χ1n) is 9.29. The van der Waals surface area contributed by atoms with Gasteiger partial charge in [0.15, 0.2) is 11.6 Å². The van der Waals surface area contributed by atoms with Gasteiger partial charge in [0, 0.05) is 17.5 Å². The average molecular weight is 501 g/mol. The second-order valence-corrected chi connectivity index (χ2v) is 8.90. The van der Waals surface area contributed by atoms with E-state index in [-0.39, 0.29) is 15.6 Å². The van der Waals surface area contributed by atoms with Crippen LogP contribution in [0.4, 0.5) is 17.6 Å². The Kier molecular flexibility index (Phi) is 6.08. The summed E-state index contributed by atoms with van der Waals surface area (Å²) < 4.78 is 54.7. The maximum Gasteiger partial charge on any atom is 0.433 e. The van der Waals surface area contributed by atoms with Crippen molar-refractivity contribution >= 4 is 46.0 Å². The Morgan fingerprint density at radius 3 is 2.38 bits per heavy atom. The molecule has 0 aliphatic carbocycles. The van der Waals surface area contributed by atoms with Crippen LogP contribution in [-0.4, -0.2) is 25.3 Å². The third-order valence-electron chi connectivity index (χ3n) is 4.71. The minimum absolute atomic E-state index is 0.142. The van der Waals surface area contributed by atoms with E-state index >= 15 is 0 Å². The molecule has 0 atom stereocenters. The van der Waals surface area contributed by atoms with Crippen LogP contribution < -0.4 is 0 Å². The summed E-state index contributed by atoms with van der Waals surface area (Å²) in [4.78, 5) is 13.4. The van der Waals surface area contributed by atoms with Crippen molar-refractivity contribution in [3.05, 3.63) is 58.1 Å². The summed E-state index contributed by atoms with van der Waals surface area (Å²) in [5.41, 5.74) is 0.993. The van der Waals surface area contributed by atoms with Crippen molar-refractivity contribution in [2.45, 2.75) is 18.0 Å². The summed E-state index contributed by atoms with van der Waals surface area (Å²) in [5.74, 6) is 0.392. The van der Waals surface area contributed by atoms with Crippen molar-refractivity contribution in [1.82, 2.24) is 19.5 Å². The highest BCUT2D eigenvalue weighted by molar-refractivity contribution is 7.99. The number of aryl methyl sites for hydroxylation is 1. The minimum Gasteiger partial charge on any atom is -0.325 e. The quantitative estimate of drug-likeness (QED) is 0.168. The number of hydrogen-bond donors (Lipinski definition) is 0. The van der Waals surface area contributed by atoms with E-state index < -0.39 is 17.7 Å². The molecule has 0 saturated heterocycles. The van der Waals surface area contributed by atoms with Crippen LogP contribution in [0.15, 0.2) is 41.4 Å². The fourth-order valence-electron chi connectivity index (χ4n) is 3.20. The number of thioether (sulfide) groups is 1. The van der Waals surface area contributed by atoms with E-state index in [4.69, 9.17) is 23.2 Å². The van der Waals surface area contributed by atoms with E-state index in [1.54, 1.807) is 17.7 Å². The highest BCUT2D eigenvalue weighted by Crippen LogP contribution is 2.36. The molecule has 166 valence electrons. The minimum atomic E-state index is -4.58. The second kappa shape index (κ2) is 8.53. The molecule has 3 aromatic heterocycles. The molecule has 0 amide bonds. The lowest BCUT2D eigenvalue weighted by Crippen LogP contribution is -2.07. The van der Waals surface area contributed by atoms with Gasteiger partial charge in [-0.3, -0.25) is 0 Å². The van der Waals surface area contributed by atoms with E-state index in [0.29, 0.717) is 28.3 Å². The van der Waals surface area contributed by atoms with Crippen LogP contribution >= 0.6 is 35.0 Å².